The second kappa shape index (κ2) is 9.54. The van der Waals surface area contributed by atoms with Gasteiger partial charge in [-0.3, -0.25) is 4.99 Å². The van der Waals surface area contributed by atoms with Gasteiger partial charge in [0.15, 0.2) is 5.96 Å². The molecular weight excluding hydrogens is 421 g/mol. The lowest BCUT2D eigenvalue weighted by Crippen LogP contribution is -2.72. The lowest BCUT2D eigenvalue weighted by atomic mass is 9.46. The molecule has 1 spiro atoms. The van der Waals surface area contributed by atoms with Crippen molar-refractivity contribution in [1.82, 2.24) is 10.6 Å². The monoisotopic (exact) mass is 453 g/mol. The van der Waals surface area contributed by atoms with Crippen LogP contribution in [0.5, 0.6) is 0 Å². The fourth-order valence-electron chi connectivity index (χ4n) is 4.42. The maximum absolute atomic E-state index is 5.97. The second-order valence-electron chi connectivity index (χ2n) is 6.91. The third-order valence-electron chi connectivity index (χ3n) is 5.74. The number of nitrogens with one attached hydrogen (secondary N) is 2. The first-order valence-corrected chi connectivity index (χ1v) is 8.97. The maximum atomic E-state index is 5.97. The number of nitrogens with zero attached hydrogens (tertiary/aromatic N) is 1. The average molecular weight is 453 g/mol. The van der Waals surface area contributed by atoms with Crippen molar-refractivity contribution < 1.29 is 14.2 Å². The molecule has 2 N–H and O–H groups in total. The van der Waals surface area contributed by atoms with Crippen molar-refractivity contribution in [3.63, 3.8) is 0 Å². The molecular formula is C17H32IN3O3. The minimum Gasteiger partial charge on any atom is -0.382 e. The number of halogens is 1. The van der Waals surface area contributed by atoms with Crippen LogP contribution in [0.4, 0.5) is 0 Å². The van der Waals surface area contributed by atoms with Gasteiger partial charge < -0.3 is 24.8 Å². The molecule has 3 fully saturated rings. The predicted molar refractivity (Wildman–Crippen MR) is 105 cm³/mol. The van der Waals surface area contributed by atoms with Crippen LogP contribution >= 0.6 is 24.0 Å². The number of hydrogen-bond donors (Lipinski definition) is 2. The van der Waals surface area contributed by atoms with Crippen molar-refractivity contribution in [2.45, 2.75) is 44.2 Å². The molecule has 3 unspecified atom stereocenters. The largest absolute Gasteiger partial charge is 0.382 e. The maximum Gasteiger partial charge on any atom is 0.191 e. The van der Waals surface area contributed by atoms with Gasteiger partial charge in [-0.2, -0.15) is 0 Å². The smallest absolute Gasteiger partial charge is 0.191 e. The molecule has 7 heteroatoms. The molecule has 1 aliphatic heterocycles. The number of hydrogen-bond acceptors (Lipinski definition) is 4. The van der Waals surface area contributed by atoms with Gasteiger partial charge in [-0.15, -0.1) is 24.0 Å². The Morgan fingerprint density at radius 1 is 1.29 bits per heavy atom. The average Bonchev–Trinajstić information content (AvgIpc) is 2.93. The van der Waals surface area contributed by atoms with Crippen molar-refractivity contribution in [3.8, 4) is 0 Å². The highest BCUT2D eigenvalue weighted by Crippen LogP contribution is 2.62. The molecule has 0 bridgehead atoms. The Balaban J connectivity index is 0.00000208. The minimum atomic E-state index is 0. The summed E-state index contributed by atoms with van der Waals surface area (Å²) in [4.78, 5) is 4.39. The molecule has 0 aromatic carbocycles. The molecule has 1 saturated heterocycles. The van der Waals surface area contributed by atoms with E-state index < -0.39 is 0 Å². The molecule has 2 aliphatic carbocycles. The van der Waals surface area contributed by atoms with Gasteiger partial charge in [0.25, 0.3) is 0 Å². The number of aliphatic imine (C=N–C) groups is 1. The van der Waals surface area contributed by atoms with Gasteiger partial charge in [0.1, 0.15) is 0 Å². The summed E-state index contributed by atoms with van der Waals surface area (Å²) in [6, 6.07) is 0.535. The molecule has 0 amide bonds. The Morgan fingerprint density at radius 3 is 2.79 bits per heavy atom. The van der Waals surface area contributed by atoms with Gasteiger partial charge in [-0.1, -0.05) is 6.42 Å². The van der Waals surface area contributed by atoms with Crippen molar-refractivity contribution in [3.05, 3.63) is 0 Å². The van der Waals surface area contributed by atoms with Crippen LogP contribution < -0.4 is 10.6 Å². The highest BCUT2D eigenvalue weighted by atomic mass is 127. The van der Waals surface area contributed by atoms with E-state index in [-0.39, 0.29) is 24.0 Å². The molecule has 6 nitrogen and oxygen atoms in total. The van der Waals surface area contributed by atoms with Gasteiger partial charge in [0.2, 0.25) is 0 Å². The molecule has 24 heavy (non-hydrogen) atoms. The molecule has 0 radical (unpaired) electrons. The van der Waals surface area contributed by atoms with E-state index in [9.17, 15) is 0 Å². The van der Waals surface area contributed by atoms with Gasteiger partial charge >= 0.3 is 0 Å². The van der Waals surface area contributed by atoms with Gasteiger partial charge in [0.05, 0.1) is 19.3 Å². The molecule has 140 valence electrons. The highest BCUT2D eigenvalue weighted by Gasteiger charge is 2.66. The highest BCUT2D eigenvalue weighted by molar-refractivity contribution is 14.0. The molecule has 0 aromatic heterocycles. The quantitative estimate of drug-likeness (QED) is 0.254. The van der Waals surface area contributed by atoms with E-state index in [0.717, 1.165) is 32.1 Å². The van der Waals surface area contributed by atoms with Crippen LogP contribution in [0.3, 0.4) is 0 Å². The van der Waals surface area contributed by atoms with E-state index >= 15 is 0 Å². The SMILES string of the molecule is CN=C(NCCCOCCOC)NC1C2CCOC2C12CCC2.I. The van der Waals surface area contributed by atoms with E-state index in [2.05, 4.69) is 15.6 Å². The summed E-state index contributed by atoms with van der Waals surface area (Å²) in [5, 5.41) is 7.09. The van der Waals surface area contributed by atoms with Crippen LogP contribution in [-0.2, 0) is 14.2 Å². The molecule has 3 aliphatic rings. The first kappa shape index (κ1) is 20.2. The summed E-state index contributed by atoms with van der Waals surface area (Å²) in [5.41, 5.74) is 0.391. The van der Waals surface area contributed by atoms with E-state index in [1.807, 2.05) is 7.05 Å². The van der Waals surface area contributed by atoms with E-state index in [1.165, 1.54) is 25.7 Å². The number of rotatable bonds is 8. The number of guanidine groups is 1. The molecule has 1 heterocycles. The zero-order chi connectivity index (χ0) is 16.1. The molecule has 3 rings (SSSR count). The number of ether oxygens (including phenoxy) is 3. The molecule has 2 saturated carbocycles. The zero-order valence-corrected chi connectivity index (χ0v) is 17.2. The first-order valence-electron chi connectivity index (χ1n) is 8.97. The number of fused-ring (bicyclic) bond motifs is 2. The Morgan fingerprint density at radius 2 is 2.12 bits per heavy atom. The Bertz CT molecular complexity index is 418. The van der Waals surface area contributed by atoms with E-state index in [0.29, 0.717) is 36.7 Å². The summed E-state index contributed by atoms with van der Waals surface area (Å²) in [5.74, 6) is 1.59. The summed E-state index contributed by atoms with van der Waals surface area (Å²) < 4.78 is 16.4. The van der Waals surface area contributed by atoms with Crippen LogP contribution in [-0.4, -0.2) is 65.2 Å². The summed E-state index contributed by atoms with van der Waals surface area (Å²) >= 11 is 0. The first-order chi connectivity index (χ1) is 11.3. The number of methoxy groups -OCH3 is 1. The standard InChI is InChI=1S/C17H31N3O3.HI/c1-18-16(19-8-4-9-22-12-11-21-2)20-14-13-5-10-23-15(13)17(14)6-3-7-17;/h13-15H,3-12H2,1-2H3,(H2,18,19,20);1H. The third kappa shape index (κ3) is 3.99. The molecule has 0 aromatic rings. The summed E-state index contributed by atoms with van der Waals surface area (Å²) in [7, 11) is 3.54. The van der Waals surface area contributed by atoms with Crippen LogP contribution in [0.25, 0.3) is 0 Å². The fraction of sp³-hybridized carbons (Fsp3) is 0.941. The van der Waals surface area contributed by atoms with E-state index in [1.54, 1.807) is 7.11 Å². The van der Waals surface area contributed by atoms with Crippen LogP contribution in [0.15, 0.2) is 4.99 Å². The van der Waals surface area contributed by atoms with Gasteiger partial charge in [-0.05, 0) is 25.7 Å². The van der Waals surface area contributed by atoms with Gasteiger partial charge in [0, 0.05) is 51.3 Å². The Labute approximate surface area is 162 Å². The van der Waals surface area contributed by atoms with Crippen LogP contribution in [0.2, 0.25) is 0 Å². The fourth-order valence-corrected chi connectivity index (χ4v) is 4.42. The second-order valence-corrected chi connectivity index (χ2v) is 6.91. The zero-order valence-electron chi connectivity index (χ0n) is 14.9. The molecule has 3 atom stereocenters. The lowest BCUT2D eigenvalue weighted by Gasteiger charge is -2.63. The van der Waals surface area contributed by atoms with Crippen molar-refractivity contribution in [2.75, 3.05) is 47.1 Å². The third-order valence-corrected chi connectivity index (χ3v) is 5.74. The topological polar surface area (TPSA) is 64.1 Å². The summed E-state index contributed by atoms with van der Waals surface area (Å²) in [6.45, 7) is 3.87. The van der Waals surface area contributed by atoms with Gasteiger partial charge in [-0.25, -0.2) is 0 Å². The van der Waals surface area contributed by atoms with Crippen LogP contribution in [0.1, 0.15) is 32.1 Å². The lowest BCUT2D eigenvalue weighted by molar-refractivity contribution is -0.171. The minimum absolute atomic E-state index is 0. The normalized spacial score (nSPS) is 30.1. The van der Waals surface area contributed by atoms with Crippen LogP contribution in [0, 0.1) is 11.3 Å². The predicted octanol–water partition coefficient (Wildman–Crippen LogP) is 1.78. The van der Waals surface area contributed by atoms with Crippen molar-refractivity contribution in [1.29, 1.82) is 0 Å². The van der Waals surface area contributed by atoms with E-state index in [4.69, 9.17) is 14.2 Å². The van der Waals surface area contributed by atoms with Crippen molar-refractivity contribution >= 4 is 29.9 Å². The van der Waals surface area contributed by atoms with Crippen molar-refractivity contribution in [2.24, 2.45) is 16.3 Å². The summed E-state index contributed by atoms with van der Waals surface area (Å²) in [6.07, 6.45) is 6.60. The Kier molecular flexibility index (Phi) is 8.03. The Hall–Kier alpha value is -0.120.